The van der Waals surface area contributed by atoms with Gasteiger partial charge in [-0.25, -0.2) is 5.43 Å². The van der Waals surface area contributed by atoms with Crippen LogP contribution in [0.5, 0.6) is 5.75 Å². The Morgan fingerprint density at radius 3 is 2.65 bits per heavy atom. The lowest BCUT2D eigenvalue weighted by Crippen LogP contribution is -2.37. The van der Waals surface area contributed by atoms with Gasteiger partial charge in [0.1, 0.15) is 5.75 Å². The number of nitrogens with zero attached hydrogens (tertiary/aromatic N) is 5. The minimum atomic E-state index is 0.166. The molecule has 0 bridgehead atoms. The molecule has 13 heteroatoms. The summed E-state index contributed by atoms with van der Waals surface area (Å²) in [6, 6.07) is 7.45. The number of ether oxygens (including phenoxy) is 1. The number of phenols is 1. The minimum absolute atomic E-state index is 0.166. The zero-order valence-corrected chi connectivity index (χ0v) is 24.5. The maximum Gasteiger partial charge on any atom is 0.250 e. The fourth-order valence-electron chi connectivity index (χ4n) is 3.08. The van der Waals surface area contributed by atoms with E-state index in [1.165, 1.54) is 6.21 Å². The number of aromatic hydroxyl groups is 1. The number of phenolic OH excluding ortho intramolecular Hbond substituents is 1. The van der Waals surface area contributed by atoms with Crippen molar-refractivity contribution in [2.24, 2.45) is 5.10 Å². The van der Waals surface area contributed by atoms with Crippen LogP contribution in [0.15, 0.2) is 33.8 Å². The van der Waals surface area contributed by atoms with Crippen molar-refractivity contribution >= 4 is 102 Å². The molecule has 2 aromatic carbocycles. The van der Waals surface area contributed by atoms with Crippen molar-refractivity contribution in [1.82, 2.24) is 15.0 Å². The molecule has 1 fully saturated rings. The Morgan fingerprint density at radius 2 is 1.88 bits per heavy atom. The van der Waals surface area contributed by atoms with Crippen LogP contribution in [-0.2, 0) is 4.74 Å². The molecular weight excluding hydrogens is 751 g/mol. The summed E-state index contributed by atoms with van der Waals surface area (Å²) in [7, 11) is 0. The van der Waals surface area contributed by atoms with E-state index in [9.17, 15) is 5.11 Å². The van der Waals surface area contributed by atoms with E-state index in [1.54, 1.807) is 0 Å². The number of rotatable bonds is 6. The molecule has 0 radical (unpaired) electrons. The number of hydrogen-bond donors (Lipinski definition) is 3. The summed E-state index contributed by atoms with van der Waals surface area (Å²) in [5, 5.41) is 18.4. The number of nitrogens with one attached hydrogen (secondary N) is 2. The Bertz CT molecular complexity index is 1240. The summed E-state index contributed by atoms with van der Waals surface area (Å²) >= 11 is 14.1. The van der Waals surface area contributed by atoms with Crippen molar-refractivity contribution in [3.8, 4) is 5.75 Å². The number of hydrazone groups is 1. The fourth-order valence-corrected chi connectivity index (χ4v) is 5.69. The Kier molecular flexibility index (Phi) is 8.66. The largest absolute Gasteiger partial charge is 0.506 e. The number of aryl methyl sites for hydroxylation is 1. The first-order valence-electron chi connectivity index (χ1n) is 10.1. The normalized spacial score (nSPS) is 14.0. The van der Waals surface area contributed by atoms with Gasteiger partial charge in [0, 0.05) is 31.7 Å². The Morgan fingerprint density at radius 1 is 1.15 bits per heavy atom. The molecule has 0 aliphatic carbocycles. The van der Waals surface area contributed by atoms with E-state index < -0.39 is 0 Å². The molecule has 0 unspecified atom stereocenters. The zero-order valence-electron chi connectivity index (χ0n) is 17.8. The summed E-state index contributed by atoms with van der Waals surface area (Å²) in [6.45, 7) is 4.46. The molecule has 4 rings (SSSR count). The molecule has 0 saturated carbocycles. The van der Waals surface area contributed by atoms with E-state index in [4.69, 9.17) is 16.3 Å². The number of hydrogen-bond acceptors (Lipinski definition) is 9. The van der Waals surface area contributed by atoms with E-state index >= 15 is 0 Å². The monoisotopic (exact) mass is 769 g/mol. The van der Waals surface area contributed by atoms with Crippen molar-refractivity contribution < 1.29 is 9.84 Å². The van der Waals surface area contributed by atoms with Gasteiger partial charge in [-0.3, -0.25) is 0 Å². The lowest BCUT2D eigenvalue weighted by Gasteiger charge is -2.27. The van der Waals surface area contributed by atoms with Crippen LogP contribution < -0.4 is 15.6 Å². The molecule has 1 aliphatic rings. The quantitative estimate of drug-likeness (QED) is 0.171. The molecule has 1 saturated heterocycles. The van der Waals surface area contributed by atoms with Crippen LogP contribution in [0, 0.1) is 14.1 Å². The Balaban J connectivity index is 1.63. The second kappa shape index (κ2) is 11.5. The standard InChI is InChI=1S/C21H19BrClI2N7O2/c1-11-6-14(22)17(9-15(11)23)27-19-28-20(30-21(29-19)32-2-4-34-5-3-32)31-26-10-12-7-13(24)8-16(25)18(12)33/h6-10,33H,2-5H2,1H3,(H2,27,28,29,30,31)/b26-10+. The second-order valence-electron chi connectivity index (χ2n) is 7.28. The van der Waals surface area contributed by atoms with Gasteiger partial charge in [0.15, 0.2) is 0 Å². The maximum absolute atomic E-state index is 10.3. The van der Waals surface area contributed by atoms with E-state index in [-0.39, 0.29) is 11.7 Å². The average molecular weight is 771 g/mol. The summed E-state index contributed by atoms with van der Waals surface area (Å²) in [4.78, 5) is 15.6. The molecular formula is C21H19BrClI2N7O2. The van der Waals surface area contributed by atoms with Crippen molar-refractivity contribution in [2.75, 3.05) is 41.9 Å². The van der Waals surface area contributed by atoms with E-state index in [2.05, 4.69) is 91.9 Å². The van der Waals surface area contributed by atoms with Crippen molar-refractivity contribution in [2.45, 2.75) is 6.92 Å². The van der Waals surface area contributed by atoms with E-state index in [1.807, 2.05) is 36.1 Å². The molecule has 0 spiro atoms. The fraction of sp³-hybridized carbons (Fsp3) is 0.238. The average Bonchev–Trinajstić information content (AvgIpc) is 2.81. The summed E-state index contributed by atoms with van der Waals surface area (Å²) in [5.74, 6) is 1.25. The van der Waals surface area contributed by atoms with Gasteiger partial charge in [-0.05, 0) is 97.9 Å². The van der Waals surface area contributed by atoms with Crippen molar-refractivity contribution in [3.05, 3.63) is 52.0 Å². The highest BCUT2D eigenvalue weighted by Gasteiger charge is 2.17. The second-order valence-corrected chi connectivity index (χ2v) is 11.0. The van der Waals surface area contributed by atoms with Crippen LogP contribution in [0.2, 0.25) is 5.02 Å². The summed E-state index contributed by atoms with van der Waals surface area (Å²) < 4.78 is 8.02. The highest BCUT2D eigenvalue weighted by atomic mass is 127. The van der Waals surface area contributed by atoms with Crippen LogP contribution >= 0.6 is 72.7 Å². The van der Waals surface area contributed by atoms with Crippen LogP contribution in [0.1, 0.15) is 11.1 Å². The van der Waals surface area contributed by atoms with Gasteiger partial charge in [0.05, 0.1) is 28.7 Å². The Hall–Kier alpha value is -1.49. The molecule has 178 valence electrons. The highest BCUT2D eigenvalue weighted by molar-refractivity contribution is 14.1. The predicted molar refractivity (Wildman–Crippen MR) is 155 cm³/mol. The number of anilines is 4. The van der Waals surface area contributed by atoms with Crippen molar-refractivity contribution in [3.63, 3.8) is 0 Å². The van der Waals surface area contributed by atoms with Gasteiger partial charge in [0.25, 0.3) is 0 Å². The first kappa shape index (κ1) is 25.6. The third-order valence-electron chi connectivity index (χ3n) is 4.84. The minimum Gasteiger partial charge on any atom is -0.506 e. The smallest absolute Gasteiger partial charge is 0.250 e. The predicted octanol–water partition coefficient (Wildman–Crippen LogP) is 5.54. The Labute approximate surface area is 237 Å². The van der Waals surface area contributed by atoms with Crippen LogP contribution in [-0.4, -0.2) is 52.6 Å². The van der Waals surface area contributed by atoms with Crippen molar-refractivity contribution in [1.29, 1.82) is 0 Å². The number of morpholine rings is 1. The topological polar surface area (TPSA) is 108 Å². The molecule has 0 amide bonds. The van der Waals surface area contributed by atoms with Gasteiger partial charge in [0.2, 0.25) is 17.8 Å². The summed E-state index contributed by atoms with van der Waals surface area (Å²) in [6.07, 6.45) is 1.53. The molecule has 9 nitrogen and oxygen atoms in total. The SMILES string of the molecule is Cc1cc(Br)c(Nc2nc(N/N=C/c3cc(I)cc(I)c3O)nc(N3CCOCC3)n2)cc1Cl. The zero-order chi connectivity index (χ0) is 24.2. The maximum atomic E-state index is 10.3. The summed E-state index contributed by atoms with van der Waals surface area (Å²) in [5.41, 5.74) is 5.12. The van der Waals surface area contributed by atoms with Gasteiger partial charge >= 0.3 is 0 Å². The van der Waals surface area contributed by atoms with Gasteiger partial charge in [-0.2, -0.15) is 20.1 Å². The van der Waals surface area contributed by atoms with Gasteiger partial charge in [-0.1, -0.05) is 11.6 Å². The molecule has 1 aliphatic heterocycles. The third-order valence-corrected chi connectivity index (χ3v) is 7.35. The first-order chi connectivity index (χ1) is 16.3. The van der Waals surface area contributed by atoms with Crippen LogP contribution in [0.4, 0.5) is 23.5 Å². The number of benzene rings is 2. The van der Waals surface area contributed by atoms with Gasteiger partial charge in [-0.15, -0.1) is 0 Å². The first-order valence-corrected chi connectivity index (χ1v) is 13.4. The highest BCUT2D eigenvalue weighted by Crippen LogP contribution is 2.31. The van der Waals surface area contributed by atoms with E-state index in [0.29, 0.717) is 48.8 Å². The van der Waals surface area contributed by atoms with Gasteiger partial charge < -0.3 is 20.1 Å². The van der Waals surface area contributed by atoms with E-state index in [0.717, 1.165) is 22.9 Å². The molecule has 0 atom stereocenters. The lowest BCUT2D eigenvalue weighted by atomic mass is 10.2. The molecule has 34 heavy (non-hydrogen) atoms. The molecule has 2 heterocycles. The molecule has 1 aromatic heterocycles. The molecule has 3 aromatic rings. The third kappa shape index (κ3) is 6.38. The molecule has 3 N–H and O–H groups in total. The van der Waals surface area contributed by atoms with Crippen LogP contribution in [0.3, 0.4) is 0 Å². The number of halogens is 4. The van der Waals surface area contributed by atoms with Crippen LogP contribution in [0.25, 0.3) is 0 Å². The lowest BCUT2D eigenvalue weighted by molar-refractivity contribution is 0.122. The number of aromatic nitrogens is 3.